The second-order valence-electron chi connectivity index (χ2n) is 7.80. The van der Waals surface area contributed by atoms with Crippen LogP contribution in [-0.2, 0) is 0 Å². The van der Waals surface area contributed by atoms with E-state index >= 15 is 0 Å². The second-order valence-corrected chi connectivity index (χ2v) is 7.80. The molecule has 35 heavy (non-hydrogen) atoms. The van der Waals surface area contributed by atoms with Gasteiger partial charge in [0.15, 0.2) is 5.69 Å². The SMILES string of the molecule is CNC(=O)c1cc(Oc2ccc(NC(=O)c3nn(-c4ccc(C)cc4)c(=O)cc3C)cc2)ccn1. The van der Waals surface area contributed by atoms with Crippen LogP contribution in [-0.4, -0.2) is 33.6 Å². The van der Waals surface area contributed by atoms with Crippen molar-refractivity contribution in [2.45, 2.75) is 13.8 Å². The number of hydrogen-bond acceptors (Lipinski definition) is 6. The third-order valence-corrected chi connectivity index (χ3v) is 5.15. The first kappa shape index (κ1) is 23.4. The molecule has 2 N–H and O–H groups in total. The molecule has 0 unspecified atom stereocenters. The largest absolute Gasteiger partial charge is 0.457 e. The highest BCUT2D eigenvalue weighted by atomic mass is 16.5. The van der Waals surface area contributed by atoms with Crippen LogP contribution in [0.2, 0.25) is 0 Å². The fraction of sp³-hybridized carbons (Fsp3) is 0.115. The number of hydrogen-bond donors (Lipinski definition) is 2. The molecule has 0 saturated heterocycles. The van der Waals surface area contributed by atoms with Crippen molar-refractivity contribution in [1.29, 1.82) is 0 Å². The summed E-state index contributed by atoms with van der Waals surface area (Å²) in [6.07, 6.45) is 1.49. The van der Waals surface area contributed by atoms with Crippen molar-refractivity contribution >= 4 is 17.5 Å². The molecule has 0 aliphatic carbocycles. The number of amides is 2. The van der Waals surface area contributed by atoms with E-state index in [1.807, 2.05) is 19.1 Å². The maximum absolute atomic E-state index is 12.9. The lowest BCUT2D eigenvalue weighted by Gasteiger charge is -2.11. The summed E-state index contributed by atoms with van der Waals surface area (Å²) in [5.41, 5.74) is 2.69. The van der Waals surface area contributed by atoms with E-state index < -0.39 is 5.91 Å². The number of aromatic nitrogens is 3. The summed E-state index contributed by atoms with van der Waals surface area (Å²) in [4.78, 5) is 41.1. The Morgan fingerprint density at radius 3 is 2.29 bits per heavy atom. The zero-order chi connectivity index (χ0) is 24.9. The third-order valence-electron chi connectivity index (χ3n) is 5.15. The lowest BCUT2D eigenvalue weighted by Crippen LogP contribution is -2.26. The van der Waals surface area contributed by atoms with Crippen molar-refractivity contribution in [2.75, 3.05) is 12.4 Å². The number of pyridine rings is 1. The van der Waals surface area contributed by atoms with E-state index in [1.54, 1.807) is 49.4 Å². The number of aryl methyl sites for hydroxylation is 2. The van der Waals surface area contributed by atoms with Gasteiger partial charge in [0.05, 0.1) is 5.69 Å². The molecule has 2 aromatic heterocycles. The number of carbonyl (C=O) groups excluding carboxylic acids is 2. The van der Waals surface area contributed by atoms with Crippen LogP contribution in [0.25, 0.3) is 5.69 Å². The molecule has 4 rings (SSSR count). The maximum atomic E-state index is 12.9. The van der Waals surface area contributed by atoms with E-state index in [2.05, 4.69) is 20.7 Å². The van der Waals surface area contributed by atoms with E-state index in [9.17, 15) is 14.4 Å². The standard InChI is InChI=1S/C26H23N5O4/c1-16-4-8-19(9-5-16)31-23(32)14-17(2)24(30-31)26(34)29-18-6-10-20(11-7-18)35-21-12-13-28-22(15-21)25(33)27-3/h4-15H,1-3H3,(H,27,33)(H,29,34). The van der Waals surface area contributed by atoms with Gasteiger partial charge in [-0.3, -0.25) is 19.4 Å². The molecule has 0 radical (unpaired) electrons. The summed E-state index contributed by atoms with van der Waals surface area (Å²) in [5.74, 6) is 0.209. The number of nitrogens with zero attached hydrogens (tertiary/aromatic N) is 3. The van der Waals surface area contributed by atoms with Crippen molar-refractivity contribution in [3.63, 3.8) is 0 Å². The van der Waals surface area contributed by atoms with E-state index in [0.29, 0.717) is 28.4 Å². The van der Waals surface area contributed by atoms with Gasteiger partial charge in [-0.2, -0.15) is 9.78 Å². The summed E-state index contributed by atoms with van der Waals surface area (Å²) < 4.78 is 6.99. The summed E-state index contributed by atoms with van der Waals surface area (Å²) in [5, 5.41) is 9.61. The van der Waals surface area contributed by atoms with Crippen LogP contribution in [0.4, 0.5) is 5.69 Å². The Hall–Kier alpha value is -4.79. The van der Waals surface area contributed by atoms with Gasteiger partial charge in [-0.05, 0) is 61.9 Å². The highest BCUT2D eigenvalue weighted by Crippen LogP contribution is 2.23. The molecule has 2 heterocycles. The quantitative estimate of drug-likeness (QED) is 0.445. The molecule has 2 aromatic carbocycles. The van der Waals surface area contributed by atoms with Crippen molar-refractivity contribution in [3.8, 4) is 17.2 Å². The Morgan fingerprint density at radius 2 is 1.60 bits per heavy atom. The molecule has 0 saturated carbocycles. The number of rotatable bonds is 6. The molecule has 176 valence electrons. The molecule has 0 spiro atoms. The molecule has 0 atom stereocenters. The summed E-state index contributed by atoms with van der Waals surface area (Å²) in [6.45, 7) is 3.62. The first-order chi connectivity index (χ1) is 16.8. The normalized spacial score (nSPS) is 10.5. The molecule has 0 bridgehead atoms. The average molecular weight is 470 g/mol. The summed E-state index contributed by atoms with van der Waals surface area (Å²) in [6, 6.07) is 18.6. The van der Waals surface area contributed by atoms with Gasteiger partial charge in [0.2, 0.25) is 0 Å². The minimum Gasteiger partial charge on any atom is -0.457 e. The van der Waals surface area contributed by atoms with Crippen LogP contribution in [0.5, 0.6) is 11.5 Å². The van der Waals surface area contributed by atoms with Crippen LogP contribution in [0.3, 0.4) is 0 Å². The Kier molecular flexibility index (Phi) is 6.68. The monoisotopic (exact) mass is 469 g/mol. The third kappa shape index (κ3) is 5.41. The topological polar surface area (TPSA) is 115 Å². The van der Waals surface area contributed by atoms with Gasteiger partial charge in [0.1, 0.15) is 17.2 Å². The van der Waals surface area contributed by atoms with Crippen LogP contribution >= 0.6 is 0 Å². The first-order valence-corrected chi connectivity index (χ1v) is 10.8. The first-order valence-electron chi connectivity index (χ1n) is 10.8. The molecule has 0 fully saturated rings. The molecule has 0 aliphatic rings. The smallest absolute Gasteiger partial charge is 0.276 e. The van der Waals surface area contributed by atoms with E-state index in [0.717, 1.165) is 5.56 Å². The van der Waals surface area contributed by atoms with Gasteiger partial charge >= 0.3 is 0 Å². The fourth-order valence-electron chi connectivity index (χ4n) is 3.30. The van der Waals surface area contributed by atoms with Gasteiger partial charge in [-0.15, -0.1) is 0 Å². The molecule has 4 aromatic rings. The molecular formula is C26H23N5O4. The lowest BCUT2D eigenvalue weighted by atomic mass is 10.2. The van der Waals surface area contributed by atoms with Gasteiger partial charge in [0.25, 0.3) is 17.4 Å². The average Bonchev–Trinajstić information content (AvgIpc) is 2.85. The van der Waals surface area contributed by atoms with Crippen LogP contribution in [0.1, 0.15) is 32.1 Å². The fourth-order valence-corrected chi connectivity index (χ4v) is 3.30. The summed E-state index contributed by atoms with van der Waals surface area (Å²) in [7, 11) is 1.53. The van der Waals surface area contributed by atoms with Crippen molar-refractivity contribution in [2.24, 2.45) is 0 Å². The second kappa shape index (κ2) is 10.0. The van der Waals surface area contributed by atoms with Crippen LogP contribution in [0, 0.1) is 13.8 Å². The number of ether oxygens (including phenoxy) is 1. The van der Waals surface area contributed by atoms with Crippen LogP contribution in [0.15, 0.2) is 77.7 Å². The minimum absolute atomic E-state index is 0.143. The van der Waals surface area contributed by atoms with Gasteiger partial charge < -0.3 is 15.4 Å². The highest BCUT2D eigenvalue weighted by molar-refractivity contribution is 6.03. The Morgan fingerprint density at radius 1 is 0.886 bits per heavy atom. The number of carbonyl (C=O) groups is 2. The maximum Gasteiger partial charge on any atom is 0.276 e. The number of benzene rings is 2. The Bertz CT molecular complexity index is 1440. The minimum atomic E-state index is -0.443. The highest BCUT2D eigenvalue weighted by Gasteiger charge is 2.15. The van der Waals surface area contributed by atoms with Gasteiger partial charge in [-0.25, -0.2) is 0 Å². The Balaban J connectivity index is 1.50. The van der Waals surface area contributed by atoms with Crippen molar-refractivity contribution in [3.05, 3.63) is 106 Å². The molecule has 0 aliphatic heterocycles. The van der Waals surface area contributed by atoms with E-state index in [4.69, 9.17) is 4.74 Å². The van der Waals surface area contributed by atoms with Gasteiger partial charge in [0, 0.05) is 31.1 Å². The van der Waals surface area contributed by atoms with E-state index in [1.165, 1.54) is 30.1 Å². The van der Waals surface area contributed by atoms with E-state index in [-0.39, 0.29) is 22.9 Å². The van der Waals surface area contributed by atoms with Crippen molar-refractivity contribution < 1.29 is 14.3 Å². The predicted octanol–water partition coefficient (Wildman–Crippen LogP) is 3.65. The Labute approximate surface area is 201 Å². The predicted molar refractivity (Wildman–Crippen MR) is 131 cm³/mol. The lowest BCUT2D eigenvalue weighted by molar-refractivity contribution is 0.0956. The molecule has 2 amide bonds. The summed E-state index contributed by atoms with van der Waals surface area (Å²) >= 11 is 0. The zero-order valence-electron chi connectivity index (χ0n) is 19.4. The molecular weight excluding hydrogens is 446 g/mol. The van der Waals surface area contributed by atoms with Crippen molar-refractivity contribution in [1.82, 2.24) is 20.1 Å². The van der Waals surface area contributed by atoms with Gasteiger partial charge in [-0.1, -0.05) is 17.7 Å². The number of anilines is 1. The zero-order valence-corrected chi connectivity index (χ0v) is 19.4. The number of nitrogens with one attached hydrogen (secondary N) is 2. The molecule has 9 heteroatoms. The molecule has 9 nitrogen and oxygen atoms in total. The van der Waals surface area contributed by atoms with Crippen LogP contribution < -0.4 is 20.9 Å².